The molecule has 2 aromatic rings. The number of hydrogen-bond donors (Lipinski definition) is 0. The molecule has 1 aliphatic heterocycles. The molecule has 0 bridgehead atoms. The van der Waals surface area contributed by atoms with Crippen molar-refractivity contribution in [2.45, 2.75) is 39.2 Å². The molecule has 0 radical (unpaired) electrons. The van der Waals surface area contributed by atoms with E-state index in [1.807, 2.05) is 23.3 Å². The highest BCUT2D eigenvalue weighted by Gasteiger charge is 2.38. The minimum Gasteiger partial charge on any atom is -0.343 e. The number of rotatable bonds is 4. The van der Waals surface area contributed by atoms with E-state index in [9.17, 15) is 9.59 Å². The summed E-state index contributed by atoms with van der Waals surface area (Å²) in [4.78, 5) is 30.1. The topological polar surface area (TPSA) is 45.6 Å². The standard InChI is InChI=1S/C24H29N3O2/c1-4-26(5-2)23(28)17-11-19-18-7-6-8-20-22(18)16(12-21(19)25(3)13-17)14-27(20)24(29)15-9-10-15/h6-8,11,14-15,17,21H,4-5,9-10,12-13H2,1-3H3/t17-,21-/m1/s1. The number of aromatic nitrogens is 1. The number of carbonyl (C=O) groups excluding carboxylic acids is 2. The first-order chi connectivity index (χ1) is 14.0. The van der Waals surface area contributed by atoms with Crippen LogP contribution in [0.15, 0.2) is 30.5 Å². The van der Waals surface area contributed by atoms with Crippen LogP contribution < -0.4 is 0 Å². The zero-order chi connectivity index (χ0) is 20.3. The Morgan fingerprint density at radius 3 is 2.62 bits per heavy atom. The smallest absolute Gasteiger partial charge is 0.234 e. The highest BCUT2D eigenvalue weighted by molar-refractivity contribution is 6.04. The van der Waals surface area contributed by atoms with E-state index < -0.39 is 0 Å². The lowest BCUT2D eigenvalue weighted by molar-refractivity contribution is -0.134. The first-order valence-corrected chi connectivity index (χ1v) is 10.9. The Bertz CT molecular complexity index is 1030. The number of hydrogen-bond acceptors (Lipinski definition) is 3. The maximum absolute atomic E-state index is 13.0. The van der Waals surface area contributed by atoms with Gasteiger partial charge in [0.05, 0.1) is 11.4 Å². The van der Waals surface area contributed by atoms with E-state index in [2.05, 4.69) is 42.4 Å². The SMILES string of the molecule is CCN(CC)C(=O)[C@@H]1C=C2c3cccc4c3c(cn4C(=O)C3CC3)C[C@H]2N(C)C1. The summed E-state index contributed by atoms with van der Waals surface area (Å²) < 4.78 is 1.89. The van der Waals surface area contributed by atoms with Gasteiger partial charge in [0, 0.05) is 43.2 Å². The summed E-state index contributed by atoms with van der Waals surface area (Å²) in [7, 11) is 2.12. The lowest BCUT2D eigenvalue weighted by Gasteiger charge is -2.40. The third kappa shape index (κ3) is 2.86. The Kier molecular flexibility index (Phi) is 4.39. The second-order valence-corrected chi connectivity index (χ2v) is 8.74. The highest BCUT2D eigenvalue weighted by atomic mass is 16.2. The van der Waals surface area contributed by atoms with Crippen LogP contribution in [0, 0.1) is 11.8 Å². The second-order valence-electron chi connectivity index (χ2n) is 8.74. The molecule has 5 heteroatoms. The van der Waals surface area contributed by atoms with E-state index in [1.54, 1.807) is 0 Å². The predicted molar refractivity (Wildman–Crippen MR) is 115 cm³/mol. The lowest BCUT2D eigenvalue weighted by atomic mass is 9.79. The third-order valence-electron chi connectivity index (χ3n) is 6.95. The molecule has 3 aliphatic rings. The quantitative estimate of drug-likeness (QED) is 0.802. The third-order valence-corrected chi connectivity index (χ3v) is 6.95. The first kappa shape index (κ1) is 18.6. The number of carbonyl (C=O) groups is 2. The van der Waals surface area contributed by atoms with Gasteiger partial charge in [-0.3, -0.25) is 19.1 Å². The lowest BCUT2D eigenvalue weighted by Crippen LogP contribution is -2.47. The van der Waals surface area contributed by atoms with Gasteiger partial charge < -0.3 is 4.90 Å². The van der Waals surface area contributed by atoms with E-state index in [-0.39, 0.29) is 29.7 Å². The van der Waals surface area contributed by atoms with Gasteiger partial charge in [0.15, 0.2) is 0 Å². The molecular formula is C24H29N3O2. The molecule has 2 atom stereocenters. The van der Waals surface area contributed by atoms with Crippen LogP contribution in [0.3, 0.4) is 0 Å². The molecule has 152 valence electrons. The Morgan fingerprint density at radius 1 is 1.17 bits per heavy atom. The largest absolute Gasteiger partial charge is 0.343 e. The van der Waals surface area contributed by atoms with Crippen molar-refractivity contribution >= 4 is 28.3 Å². The van der Waals surface area contributed by atoms with Crippen LogP contribution in [-0.2, 0) is 11.2 Å². The van der Waals surface area contributed by atoms with Gasteiger partial charge in [-0.25, -0.2) is 0 Å². The van der Waals surface area contributed by atoms with Gasteiger partial charge in [0.25, 0.3) is 0 Å². The van der Waals surface area contributed by atoms with Crippen molar-refractivity contribution in [2.24, 2.45) is 11.8 Å². The molecular weight excluding hydrogens is 362 g/mol. The second kappa shape index (κ2) is 6.84. The number of nitrogens with zero attached hydrogens (tertiary/aromatic N) is 3. The van der Waals surface area contributed by atoms with Crippen molar-refractivity contribution in [3.05, 3.63) is 41.6 Å². The summed E-state index contributed by atoms with van der Waals surface area (Å²) in [5.74, 6) is 0.536. The normalized spacial score (nSPS) is 23.6. The van der Waals surface area contributed by atoms with Crippen LogP contribution in [0.5, 0.6) is 0 Å². The van der Waals surface area contributed by atoms with Gasteiger partial charge in [-0.1, -0.05) is 18.2 Å². The van der Waals surface area contributed by atoms with Crippen molar-refractivity contribution in [2.75, 3.05) is 26.7 Å². The molecule has 5 nitrogen and oxygen atoms in total. The van der Waals surface area contributed by atoms with Crippen LogP contribution in [0.2, 0.25) is 0 Å². The summed E-state index contributed by atoms with van der Waals surface area (Å²) in [6.45, 7) is 6.31. The van der Waals surface area contributed by atoms with Crippen LogP contribution in [0.1, 0.15) is 42.6 Å². The number of benzene rings is 1. The van der Waals surface area contributed by atoms with Gasteiger partial charge in [0.2, 0.25) is 11.8 Å². The monoisotopic (exact) mass is 391 g/mol. The van der Waals surface area contributed by atoms with E-state index in [0.717, 1.165) is 44.4 Å². The zero-order valence-electron chi connectivity index (χ0n) is 17.5. The molecule has 0 unspecified atom stereocenters. The Labute approximate surface area is 172 Å². The summed E-state index contributed by atoms with van der Waals surface area (Å²) >= 11 is 0. The van der Waals surface area contributed by atoms with Gasteiger partial charge >= 0.3 is 0 Å². The molecule has 5 rings (SSSR count). The van der Waals surface area contributed by atoms with Gasteiger partial charge in [-0.05, 0) is 62.9 Å². The molecule has 29 heavy (non-hydrogen) atoms. The van der Waals surface area contributed by atoms with Crippen molar-refractivity contribution in [3.63, 3.8) is 0 Å². The average Bonchev–Trinajstić information content (AvgIpc) is 3.51. The number of amides is 1. The molecule has 1 amide bonds. The van der Waals surface area contributed by atoms with Crippen LogP contribution >= 0.6 is 0 Å². The molecule has 1 aromatic carbocycles. The highest BCUT2D eigenvalue weighted by Crippen LogP contribution is 2.42. The van der Waals surface area contributed by atoms with Gasteiger partial charge in [0.1, 0.15) is 0 Å². The van der Waals surface area contributed by atoms with Crippen molar-refractivity contribution in [1.29, 1.82) is 0 Å². The van der Waals surface area contributed by atoms with Crippen LogP contribution in [0.4, 0.5) is 0 Å². The minimum absolute atomic E-state index is 0.113. The van der Waals surface area contributed by atoms with E-state index >= 15 is 0 Å². The molecule has 1 aromatic heterocycles. The van der Waals surface area contributed by atoms with Crippen molar-refractivity contribution in [1.82, 2.24) is 14.4 Å². The van der Waals surface area contributed by atoms with Crippen molar-refractivity contribution < 1.29 is 9.59 Å². The van der Waals surface area contributed by atoms with Gasteiger partial charge in [-0.2, -0.15) is 0 Å². The average molecular weight is 392 g/mol. The molecule has 1 fully saturated rings. The zero-order valence-corrected chi connectivity index (χ0v) is 17.5. The summed E-state index contributed by atoms with van der Waals surface area (Å²) in [5.41, 5.74) is 4.72. The maximum atomic E-state index is 13.0. The first-order valence-electron chi connectivity index (χ1n) is 10.9. The van der Waals surface area contributed by atoms with Crippen LogP contribution in [0.25, 0.3) is 16.5 Å². The predicted octanol–water partition coefficient (Wildman–Crippen LogP) is 3.43. The molecule has 2 aliphatic carbocycles. The van der Waals surface area contributed by atoms with E-state index in [0.29, 0.717) is 0 Å². The number of fused-ring (bicyclic) bond motifs is 2. The Balaban J connectivity index is 1.61. The van der Waals surface area contributed by atoms with E-state index in [1.165, 1.54) is 22.1 Å². The Morgan fingerprint density at radius 2 is 1.93 bits per heavy atom. The van der Waals surface area contributed by atoms with E-state index in [4.69, 9.17) is 0 Å². The Hall–Kier alpha value is -2.40. The number of likely N-dealkylation sites (N-methyl/N-ethyl adjacent to an activating group) is 1. The summed E-state index contributed by atoms with van der Waals surface area (Å²) in [6.07, 6.45) is 7.21. The summed E-state index contributed by atoms with van der Waals surface area (Å²) in [5, 5.41) is 1.20. The van der Waals surface area contributed by atoms with Crippen LogP contribution in [-0.4, -0.2) is 58.9 Å². The fourth-order valence-electron chi connectivity index (χ4n) is 5.19. The minimum atomic E-state index is -0.113. The molecule has 0 spiro atoms. The maximum Gasteiger partial charge on any atom is 0.234 e. The fraction of sp³-hybridized carbons (Fsp3) is 0.500. The molecule has 1 saturated carbocycles. The molecule has 0 N–H and O–H groups in total. The fourth-order valence-corrected chi connectivity index (χ4v) is 5.19. The van der Waals surface area contributed by atoms with Crippen molar-refractivity contribution in [3.8, 4) is 0 Å². The molecule has 0 saturated heterocycles. The van der Waals surface area contributed by atoms with Gasteiger partial charge in [-0.15, -0.1) is 0 Å². The summed E-state index contributed by atoms with van der Waals surface area (Å²) in [6, 6.07) is 6.54. The molecule has 2 heterocycles.